The quantitative estimate of drug-likeness (QED) is 0.233. The van der Waals surface area contributed by atoms with Crippen LogP contribution in [0.4, 0.5) is 17.6 Å². The molecule has 4 nitrogen and oxygen atoms in total. The van der Waals surface area contributed by atoms with Crippen molar-refractivity contribution in [2.24, 2.45) is 4.99 Å². The van der Waals surface area contributed by atoms with Crippen molar-refractivity contribution in [3.05, 3.63) is 50.1 Å². The van der Waals surface area contributed by atoms with E-state index in [1.54, 1.807) is 12.1 Å². The van der Waals surface area contributed by atoms with Crippen molar-refractivity contribution in [3.8, 4) is 0 Å². The highest BCUT2D eigenvalue weighted by Crippen LogP contribution is 2.29. The first-order valence-corrected chi connectivity index (χ1v) is 8.94. The maximum absolute atomic E-state index is 13.5. The molecule has 0 atom stereocenters. The number of aromatic nitrogens is 1. The zero-order chi connectivity index (χ0) is 18.4. The number of guanidine groups is 1. The van der Waals surface area contributed by atoms with Gasteiger partial charge in [0.2, 0.25) is 0 Å². The van der Waals surface area contributed by atoms with Crippen LogP contribution in [0.1, 0.15) is 23.2 Å². The van der Waals surface area contributed by atoms with E-state index in [-0.39, 0.29) is 42.9 Å². The number of thiazole rings is 1. The Bertz CT molecular complexity index is 751. The molecule has 0 aliphatic rings. The molecule has 2 N–H and O–H groups in total. The molecule has 2 rings (SSSR count). The second kappa shape index (κ2) is 10.4. The van der Waals surface area contributed by atoms with Gasteiger partial charge in [-0.1, -0.05) is 6.07 Å². The van der Waals surface area contributed by atoms with Crippen molar-refractivity contribution in [2.45, 2.75) is 26.2 Å². The first-order valence-electron chi connectivity index (χ1n) is 7.27. The molecule has 144 valence electrons. The Morgan fingerprint density at radius 2 is 2.04 bits per heavy atom. The van der Waals surface area contributed by atoms with E-state index in [0.717, 1.165) is 16.7 Å². The zero-order valence-corrected chi connectivity index (χ0v) is 18.3. The third kappa shape index (κ3) is 6.99. The number of halogens is 6. The highest BCUT2D eigenvalue weighted by atomic mass is 127. The molecule has 0 aliphatic heterocycles. The first-order chi connectivity index (χ1) is 11.8. The van der Waals surface area contributed by atoms with Gasteiger partial charge in [0.15, 0.2) is 11.7 Å². The van der Waals surface area contributed by atoms with Crippen LogP contribution in [-0.2, 0) is 19.3 Å². The Hall–Kier alpha value is -0.950. The van der Waals surface area contributed by atoms with Crippen LogP contribution in [0.3, 0.4) is 0 Å². The summed E-state index contributed by atoms with van der Waals surface area (Å²) < 4.78 is 51.5. The van der Waals surface area contributed by atoms with Gasteiger partial charge in [-0.15, -0.1) is 35.3 Å². The molecule has 1 aromatic carbocycles. The van der Waals surface area contributed by atoms with Crippen molar-refractivity contribution in [1.82, 2.24) is 15.6 Å². The predicted molar refractivity (Wildman–Crippen MR) is 108 cm³/mol. The molecule has 0 spiro atoms. The standard InChI is InChI=1S/C15H15BrF4N4S.HI/c1-2-21-14(22-6-9-3-4-10(16)11(17)5-9)23-7-13-24-12(8-25-13)15(18,19)20;/h3-5,8H,2,6-7H2,1H3,(H2,21,22,23);1H. The molecule has 1 heterocycles. The molecule has 0 unspecified atom stereocenters. The van der Waals surface area contributed by atoms with Crippen LogP contribution in [0, 0.1) is 5.82 Å². The maximum Gasteiger partial charge on any atom is 0.434 e. The number of benzene rings is 1. The lowest BCUT2D eigenvalue weighted by Crippen LogP contribution is -2.36. The fraction of sp³-hybridized carbons (Fsp3) is 0.333. The van der Waals surface area contributed by atoms with Crippen LogP contribution in [0.15, 0.2) is 33.0 Å². The van der Waals surface area contributed by atoms with Crippen molar-refractivity contribution in [2.75, 3.05) is 6.54 Å². The van der Waals surface area contributed by atoms with E-state index in [2.05, 4.69) is 36.5 Å². The molecular weight excluding hydrogens is 551 g/mol. The van der Waals surface area contributed by atoms with E-state index in [1.807, 2.05) is 6.92 Å². The van der Waals surface area contributed by atoms with E-state index >= 15 is 0 Å². The lowest BCUT2D eigenvalue weighted by molar-refractivity contribution is -0.140. The molecule has 11 heteroatoms. The number of hydrogen-bond donors (Lipinski definition) is 2. The van der Waals surface area contributed by atoms with Gasteiger partial charge < -0.3 is 10.6 Å². The summed E-state index contributed by atoms with van der Waals surface area (Å²) in [5.41, 5.74) is -0.229. The average molecular weight is 567 g/mol. The zero-order valence-electron chi connectivity index (χ0n) is 13.5. The Morgan fingerprint density at radius 3 is 2.62 bits per heavy atom. The predicted octanol–water partition coefficient (Wildman–Crippen LogP) is 4.94. The Morgan fingerprint density at radius 1 is 1.31 bits per heavy atom. The highest BCUT2D eigenvalue weighted by Gasteiger charge is 2.33. The lowest BCUT2D eigenvalue weighted by Gasteiger charge is -2.10. The Labute approximate surface area is 177 Å². The Balaban J connectivity index is 0.00000338. The topological polar surface area (TPSA) is 49.3 Å². The summed E-state index contributed by atoms with van der Waals surface area (Å²) in [6, 6.07) is 4.69. The van der Waals surface area contributed by atoms with E-state index in [4.69, 9.17) is 0 Å². The summed E-state index contributed by atoms with van der Waals surface area (Å²) in [6.07, 6.45) is -4.45. The molecule has 0 amide bonds. The molecule has 0 aliphatic carbocycles. The van der Waals surface area contributed by atoms with Crippen LogP contribution < -0.4 is 10.6 Å². The van der Waals surface area contributed by atoms with Gasteiger partial charge >= 0.3 is 6.18 Å². The smallest absolute Gasteiger partial charge is 0.357 e. The average Bonchev–Trinajstić information content (AvgIpc) is 3.02. The number of hydrogen-bond acceptors (Lipinski definition) is 3. The maximum atomic E-state index is 13.5. The minimum absolute atomic E-state index is 0. The molecule has 2 aromatic rings. The summed E-state index contributed by atoms with van der Waals surface area (Å²) in [5.74, 6) is 0.0303. The van der Waals surface area contributed by atoms with Gasteiger partial charge in [-0.05, 0) is 40.5 Å². The van der Waals surface area contributed by atoms with E-state index in [9.17, 15) is 17.6 Å². The van der Waals surface area contributed by atoms with Crippen LogP contribution in [0.25, 0.3) is 0 Å². The molecule has 26 heavy (non-hydrogen) atoms. The molecular formula is C15H16BrF4IN4S. The number of aliphatic imine (C=N–C) groups is 1. The minimum atomic E-state index is -4.45. The monoisotopic (exact) mass is 566 g/mol. The lowest BCUT2D eigenvalue weighted by atomic mass is 10.2. The van der Waals surface area contributed by atoms with Crippen LogP contribution >= 0.6 is 51.2 Å². The van der Waals surface area contributed by atoms with E-state index in [1.165, 1.54) is 6.07 Å². The second-order valence-electron chi connectivity index (χ2n) is 4.92. The van der Waals surface area contributed by atoms with Crippen molar-refractivity contribution >= 4 is 57.2 Å². The number of alkyl halides is 3. The van der Waals surface area contributed by atoms with Crippen molar-refractivity contribution < 1.29 is 17.6 Å². The molecule has 0 saturated heterocycles. The van der Waals surface area contributed by atoms with Gasteiger partial charge in [-0.2, -0.15) is 13.2 Å². The van der Waals surface area contributed by atoms with Crippen molar-refractivity contribution in [1.29, 1.82) is 0 Å². The third-order valence-corrected chi connectivity index (χ3v) is 4.49. The van der Waals surface area contributed by atoms with Gasteiger partial charge in [0.1, 0.15) is 10.8 Å². The molecule has 0 bridgehead atoms. The largest absolute Gasteiger partial charge is 0.434 e. The minimum Gasteiger partial charge on any atom is -0.357 e. The summed E-state index contributed by atoms with van der Waals surface area (Å²) in [6.45, 7) is 2.78. The van der Waals surface area contributed by atoms with E-state index in [0.29, 0.717) is 27.5 Å². The fourth-order valence-corrected chi connectivity index (χ4v) is 2.82. The van der Waals surface area contributed by atoms with Gasteiger partial charge in [0, 0.05) is 11.9 Å². The van der Waals surface area contributed by atoms with Crippen LogP contribution in [0.5, 0.6) is 0 Å². The summed E-state index contributed by atoms with van der Waals surface area (Å²) >= 11 is 4.00. The van der Waals surface area contributed by atoms with Crippen molar-refractivity contribution in [3.63, 3.8) is 0 Å². The Kier molecular flexibility index (Phi) is 9.24. The highest BCUT2D eigenvalue weighted by molar-refractivity contribution is 14.0. The van der Waals surface area contributed by atoms with Gasteiger partial charge in [-0.3, -0.25) is 0 Å². The normalized spacial score (nSPS) is 11.8. The van der Waals surface area contributed by atoms with E-state index < -0.39 is 11.9 Å². The SMILES string of the molecule is CCNC(=NCc1ccc(Br)c(F)c1)NCc1nc(C(F)(F)F)cs1.I. The third-order valence-electron chi connectivity index (χ3n) is 3.00. The number of nitrogens with zero attached hydrogens (tertiary/aromatic N) is 2. The molecule has 0 saturated carbocycles. The summed E-state index contributed by atoms with van der Waals surface area (Å²) in [7, 11) is 0. The number of rotatable bonds is 5. The van der Waals surface area contributed by atoms with Gasteiger partial charge in [-0.25, -0.2) is 14.4 Å². The van der Waals surface area contributed by atoms with Gasteiger partial charge in [0.25, 0.3) is 0 Å². The van der Waals surface area contributed by atoms with Crippen LogP contribution in [0.2, 0.25) is 0 Å². The molecule has 0 fully saturated rings. The molecule has 1 aromatic heterocycles. The molecule has 0 radical (unpaired) electrons. The first kappa shape index (κ1) is 23.1. The van der Waals surface area contributed by atoms with Gasteiger partial charge in [0.05, 0.1) is 17.6 Å². The summed E-state index contributed by atoms with van der Waals surface area (Å²) in [5, 5.41) is 7.17. The second-order valence-corrected chi connectivity index (χ2v) is 6.72. The van der Waals surface area contributed by atoms with Crippen LogP contribution in [-0.4, -0.2) is 17.5 Å². The number of nitrogens with one attached hydrogen (secondary N) is 2. The summed E-state index contributed by atoms with van der Waals surface area (Å²) in [4.78, 5) is 7.84. The fourth-order valence-electron chi connectivity index (χ4n) is 1.83.